The summed E-state index contributed by atoms with van der Waals surface area (Å²) in [4.78, 5) is 55.3. The highest BCUT2D eigenvalue weighted by Crippen LogP contribution is 2.58. The zero-order valence-corrected chi connectivity index (χ0v) is 24.9. The van der Waals surface area contributed by atoms with Gasteiger partial charge in [-0.05, 0) is 61.7 Å². The Morgan fingerprint density at radius 1 is 1.15 bits per heavy atom. The van der Waals surface area contributed by atoms with Crippen molar-refractivity contribution in [3.05, 3.63) is 59.2 Å². The Morgan fingerprint density at radius 3 is 2.61 bits per heavy atom. The summed E-state index contributed by atoms with van der Waals surface area (Å²) in [5.74, 6) is -0.811. The van der Waals surface area contributed by atoms with Crippen LogP contribution >= 0.6 is 0 Å². The SMILES string of the molecule is C[C@H]1[C@H]([Si](C)(C)O)[C@@H](CC(=O)N2Cc3ccccc3C[C@H]2CO)O[C@]12C(=O)Nc1ccc(N3CCCCC3=O)cc12. The second kappa shape index (κ2) is 10.3. The predicted molar refractivity (Wildman–Crippen MR) is 157 cm³/mol. The van der Waals surface area contributed by atoms with E-state index in [0.717, 1.165) is 29.7 Å². The Morgan fingerprint density at radius 2 is 1.90 bits per heavy atom. The molecule has 4 aliphatic rings. The van der Waals surface area contributed by atoms with Crippen LogP contribution in [0.15, 0.2) is 42.5 Å². The molecule has 2 aromatic carbocycles. The third kappa shape index (κ3) is 4.61. The van der Waals surface area contributed by atoms with E-state index in [-0.39, 0.29) is 36.8 Å². The maximum atomic E-state index is 13.9. The molecule has 3 N–H and O–H groups in total. The Bertz CT molecular complexity index is 1390. The zero-order valence-electron chi connectivity index (χ0n) is 23.9. The lowest BCUT2D eigenvalue weighted by Gasteiger charge is -2.37. The van der Waals surface area contributed by atoms with Crippen molar-refractivity contribution in [2.75, 3.05) is 23.4 Å². The highest BCUT2D eigenvalue weighted by Gasteiger charge is 2.65. The number of aliphatic hydroxyl groups excluding tert-OH is 1. The molecular formula is C31H39N3O6Si. The molecule has 4 heterocycles. The number of carbonyl (C=O) groups is 3. The summed E-state index contributed by atoms with van der Waals surface area (Å²) in [5.41, 5.74) is 2.43. The van der Waals surface area contributed by atoms with Crippen molar-refractivity contribution < 1.29 is 29.0 Å². The quantitative estimate of drug-likeness (QED) is 0.470. The van der Waals surface area contributed by atoms with Crippen molar-refractivity contribution in [3.63, 3.8) is 0 Å². The van der Waals surface area contributed by atoms with E-state index in [9.17, 15) is 24.3 Å². The smallest absolute Gasteiger partial charge is 0.261 e. The van der Waals surface area contributed by atoms with Crippen LogP contribution in [0.4, 0.5) is 11.4 Å². The number of nitrogens with one attached hydrogen (secondary N) is 1. The van der Waals surface area contributed by atoms with Gasteiger partial charge in [-0.3, -0.25) is 14.4 Å². The second-order valence-electron chi connectivity index (χ2n) is 12.6. The molecule has 0 aliphatic carbocycles. The van der Waals surface area contributed by atoms with Gasteiger partial charge in [0.1, 0.15) is 0 Å². The van der Waals surface area contributed by atoms with Crippen LogP contribution in [0.2, 0.25) is 18.6 Å². The number of nitrogens with zero attached hydrogens (tertiary/aromatic N) is 2. The molecule has 0 saturated carbocycles. The Hall–Kier alpha value is -3.05. The summed E-state index contributed by atoms with van der Waals surface area (Å²) >= 11 is 0. The number of rotatable bonds is 5. The van der Waals surface area contributed by atoms with Crippen molar-refractivity contribution in [1.82, 2.24) is 4.90 Å². The molecular weight excluding hydrogens is 538 g/mol. The standard InChI is InChI=1S/C31H39N3O6Si/c1-19-29(41(2,3)39)26(16-28(37)34-17-21-9-5-4-8-20(21)14-23(34)18-35)40-31(19)24-15-22(11-12-25(24)32-30(31)38)33-13-7-6-10-27(33)36/h4-5,8-9,11-12,15,19,23,26,29,35,39H,6-7,10,13-14,16-18H2,1-3H3,(H,32,38)/t19-,23-,26+,29-,31+/m0/s1. The topological polar surface area (TPSA) is 119 Å². The molecule has 0 unspecified atom stereocenters. The summed E-state index contributed by atoms with van der Waals surface area (Å²) in [5, 5.41) is 13.1. The number of amides is 3. The van der Waals surface area contributed by atoms with E-state index in [0.29, 0.717) is 37.2 Å². The minimum absolute atomic E-state index is 0.000666. The molecule has 1 spiro atoms. The van der Waals surface area contributed by atoms with Gasteiger partial charge in [-0.15, -0.1) is 0 Å². The van der Waals surface area contributed by atoms with Gasteiger partial charge in [0.25, 0.3) is 5.91 Å². The fraction of sp³-hybridized carbons (Fsp3) is 0.516. The van der Waals surface area contributed by atoms with Gasteiger partial charge in [-0.25, -0.2) is 0 Å². The molecule has 10 heteroatoms. The van der Waals surface area contributed by atoms with Gasteiger partial charge < -0.3 is 29.8 Å². The molecule has 0 radical (unpaired) electrons. The first kappa shape index (κ1) is 28.1. The Balaban J connectivity index is 1.33. The van der Waals surface area contributed by atoms with E-state index in [4.69, 9.17) is 4.74 Å². The minimum atomic E-state index is -2.94. The van der Waals surface area contributed by atoms with Crippen molar-refractivity contribution >= 4 is 37.4 Å². The Kier molecular flexibility index (Phi) is 7.08. The van der Waals surface area contributed by atoms with Crippen molar-refractivity contribution in [1.29, 1.82) is 0 Å². The van der Waals surface area contributed by atoms with Gasteiger partial charge in [0.15, 0.2) is 13.9 Å². The van der Waals surface area contributed by atoms with Crippen LogP contribution < -0.4 is 10.2 Å². The van der Waals surface area contributed by atoms with Gasteiger partial charge in [0.2, 0.25) is 11.8 Å². The van der Waals surface area contributed by atoms with E-state index in [2.05, 4.69) is 5.32 Å². The molecule has 0 bridgehead atoms. The third-order valence-corrected chi connectivity index (χ3v) is 12.1. The fourth-order valence-corrected chi connectivity index (χ4v) is 10.2. The highest BCUT2D eigenvalue weighted by molar-refractivity contribution is 6.71. The number of anilines is 2. The monoisotopic (exact) mass is 577 g/mol. The molecule has 4 aliphatic heterocycles. The number of piperidine rings is 1. The number of fused-ring (bicyclic) bond motifs is 3. The number of benzene rings is 2. The molecule has 218 valence electrons. The van der Waals surface area contributed by atoms with Crippen LogP contribution in [-0.2, 0) is 37.7 Å². The molecule has 2 aromatic rings. The summed E-state index contributed by atoms with van der Waals surface area (Å²) in [6, 6.07) is 13.2. The molecule has 41 heavy (non-hydrogen) atoms. The maximum Gasteiger partial charge on any atom is 0.261 e. The zero-order chi connectivity index (χ0) is 29.1. The van der Waals surface area contributed by atoms with Gasteiger partial charge in [-0.1, -0.05) is 31.2 Å². The summed E-state index contributed by atoms with van der Waals surface area (Å²) in [7, 11) is -2.94. The Labute approximate surface area is 241 Å². The van der Waals surface area contributed by atoms with Gasteiger partial charge in [0.05, 0.1) is 25.2 Å². The van der Waals surface area contributed by atoms with Crippen LogP contribution in [0, 0.1) is 5.92 Å². The first-order valence-electron chi connectivity index (χ1n) is 14.7. The second-order valence-corrected chi connectivity index (χ2v) is 16.6. The maximum absolute atomic E-state index is 13.9. The highest BCUT2D eigenvalue weighted by atomic mass is 28.4. The van der Waals surface area contributed by atoms with E-state index >= 15 is 0 Å². The normalized spacial score (nSPS) is 29.5. The van der Waals surface area contributed by atoms with Gasteiger partial charge in [-0.2, -0.15) is 0 Å². The molecule has 2 fully saturated rings. The number of hydrogen-bond donors (Lipinski definition) is 3. The van der Waals surface area contributed by atoms with E-state index in [1.807, 2.05) is 62.5 Å². The summed E-state index contributed by atoms with van der Waals surface area (Å²) < 4.78 is 6.72. The molecule has 5 atom stereocenters. The van der Waals surface area contributed by atoms with E-state index < -0.39 is 31.5 Å². The number of ether oxygens (including phenoxy) is 1. The first-order valence-corrected chi connectivity index (χ1v) is 17.7. The van der Waals surface area contributed by atoms with Crippen LogP contribution in [0.1, 0.15) is 49.3 Å². The van der Waals surface area contributed by atoms with Crippen molar-refractivity contribution in [2.45, 2.75) is 82.0 Å². The number of aliphatic hydroxyl groups is 1. The minimum Gasteiger partial charge on any atom is -0.432 e. The van der Waals surface area contributed by atoms with Crippen LogP contribution in [0.5, 0.6) is 0 Å². The van der Waals surface area contributed by atoms with E-state index in [1.165, 1.54) is 0 Å². The number of carbonyl (C=O) groups excluding carboxylic acids is 3. The lowest BCUT2D eigenvalue weighted by atomic mass is 9.82. The summed E-state index contributed by atoms with van der Waals surface area (Å²) in [6.45, 7) is 6.47. The fourth-order valence-electron chi connectivity index (χ4n) is 7.66. The average Bonchev–Trinajstić information content (AvgIpc) is 3.40. The van der Waals surface area contributed by atoms with Gasteiger partial charge >= 0.3 is 0 Å². The van der Waals surface area contributed by atoms with E-state index in [1.54, 1.807) is 9.80 Å². The lowest BCUT2D eigenvalue weighted by Crippen LogP contribution is -2.48. The molecule has 3 amide bonds. The lowest BCUT2D eigenvalue weighted by molar-refractivity contribution is -0.149. The predicted octanol–water partition coefficient (Wildman–Crippen LogP) is 3.29. The molecule has 0 aromatic heterocycles. The largest absolute Gasteiger partial charge is 0.432 e. The molecule has 9 nitrogen and oxygen atoms in total. The number of hydrogen-bond acceptors (Lipinski definition) is 6. The first-order chi connectivity index (χ1) is 19.5. The van der Waals surface area contributed by atoms with Gasteiger partial charge in [0, 0.05) is 47.9 Å². The van der Waals surface area contributed by atoms with Crippen LogP contribution in [0.25, 0.3) is 0 Å². The van der Waals surface area contributed by atoms with Crippen molar-refractivity contribution in [3.8, 4) is 0 Å². The van der Waals surface area contributed by atoms with Crippen molar-refractivity contribution in [2.24, 2.45) is 5.92 Å². The summed E-state index contributed by atoms with van der Waals surface area (Å²) in [6.07, 6.45) is 2.18. The van der Waals surface area contributed by atoms with Crippen LogP contribution in [0.3, 0.4) is 0 Å². The average molecular weight is 578 g/mol. The van der Waals surface area contributed by atoms with Crippen LogP contribution in [-0.4, -0.2) is 66.1 Å². The molecule has 6 rings (SSSR count). The molecule has 2 saturated heterocycles. The third-order valence-electron chi connectivity index (χ3n) is 9.62.